The number of aliphatic hydroxyl groups is 1. The summed E-state index contributed by atoms with van der Waals surface area (Å²) in [6.07, 6.45) is 0.303. The highest BCUT2D eigenvalue weighted by Gasteiger charge is 2.25. The molecule has 0 saturated heterocycles. The Labute approximate surface area is 204 Å². The molecule has 3 rings (SSSR count). The molecule has 0 radical (unpaired) electrons. The van der Waals surface area contributed by atoms with Crippen molar-refractivity contribution < 1.29 is 14.6 Å². The third kappa shape index (κ3) is 6.92. The molecule has 0 aliphatic rings. The molecule has 1 aromatic heterocycles. The van der Waals surface area contributed by atoms with Crippen molar-refractivity contribution in [1.29, 1.82) is 0 Å². The van der Waals surface area contributed by atoms with Crippen LogP contribution in [0.15, 0.2) is 54.6 Å². The van der Waals surface area contributed by atoms with Crippen LogP contribution in [0, 0.1) is 6.92 Å². The lowest BCUT2D eigenvalue weighted by atomic mass is 10.1. The SMILES string of the molecule is CCc1nn(-c2ccccc2)c(Oc2ccc(C)cc2)c1CN(CC(O)COC(C)C)C(C)C. The van der Waals surface area contributed by atoms with Gasteiger partial charge >= 0.3 is 0 Å². The van der Waals surface area contributed by atoms with Crippen molar-refractivity contribution in [3.8, 4) is 17.3 Å². The summed E-state index contributed by atoms with van der Waals surface area (Å²) in [6.45, 7) is 13.9. The van der Waals surface area contributed by atoms with E-state index in [2.05, 4.69) is 32.6 Å². The minimum absolute atomic E-state index is 0.0902. The molecular formula is C28H39N3O3. The smallest absolute Gasteiger partial charge is 0.227 e. The fourth-order valence-electron chi connectivity index (χ4n) is 3.78. The van der Waals surface area contributed by atoms with Gasteiger partial charge in [-0.25, -0.2) is 4.68 Å². The Kier molecular flexibility index (Phi) is 9.28. The minimum Gasteiger partial charge on any atom is -0.439 e. The van der Waals surface area contributed by atoms with E-state index < -0.39 is 6.10 Å². The van der Waals surface area contributed by atoms with Gasteiger partial charge in [0.05, 0.1) is 35.8 Å². The van der Waals surface area contributed by atoms with Crippen LogP contribution in [0.1, 0.15) is 51.4 Å². The Hall–Kier alpha value is -2.67. The molecule has 34 heavy (non-hydrogen) atoms. The number of hydrogen-bond donors (Lipinski definition) is 1. The van der Waals surface area contributed by atoms with Gasteiger partial charge in [-0.05, 0) is 65.3 Å². The standard InChI is InChI=1S/C28H39N3O3/c1-7-27-26(18-30(20(2)3)17-24(32)19-33-21(4)5)28(34-25-15-13-22(6)14-16-25)31(29-27)23-11-9-8-10-12-23/h8-16,20-21,24,32H,7,17-19H2,1-6H3. The Balaban J connectivity index is 1.98. The van der Waals surface area contributed by atoms with Gasteiger partial charge in [0.1, 0.15) is 5.75 Å². The maximum atomic E-state index is 10.6. The molecule has 2 aromatic carbocycles. The van der Waals surface area contributed by atoms with Crippen LogP contribution in [0.3, 0.4) is 0 Å². The molecule has 3 aromatic rings. The van der Waals surface area contributed by atoms with E-state index in [1.165, 1.54) is 5.56 Å². The number of nitrogens with zero attached hydrogens (tertiary/aromatic N) is 3. The predicted molar refractivity (Wildman–Crippen MR) is 137 cm³/mol. The normalized spacial score (nSPS) is 12.6. The molecule has 6 heteroatoms. The Bertz CT molecular complexity index is 1010. The third-order valence-corrected chi connectivity index (χ3v) is 5.75. The van der Waals surface area contributed by atoms with Crippen LogP contribution in [0.2, 0.25) is 0 Å². The van der Waals surface area contributed by atoms with Crippen LogP contribution in [-0.2, 0) is 17.7 Å². The molecule has 1 atom stereocenters. The monoisotopic (exact) mass is 465 g/mol. The van der Waals surface area contributed by atoms with Crippen LogP contribution in [0.5, 0.6) is 11.6 Å². The van der Waals surface area contributed by atoms with E-state index in [0.717, 1.165) is 29.1 Å². The molecule has 1 heterocycles. The topological polar surface area (TPSA) is 59.8 Å². The largest absolute Gasteiger partial charge is 0.439 e. The highest BCUT2D eigenvalue weighted by atomic mass is 16.5. The minimum atomic E-state index is -0.569. The van der Waals surface area contributed by atoms with Gasteiger partial charge in [-0.3, -0.25) is 4.90 Å². The zero-order chi connectivity index (χ0) is 24.7. The van der Waals surface area contributed by atoms with E-state index >= 15 is 0 Å². The van der Waals surface area contributed by atoms with Gasteiger partial charge in [0.15, 0.2) is 0 Å². The molecule has 0 spiro atoms. The van der Waals surface area contributed by atoms with Crippen LogP contribution < -0.4 is 4.74 Å². The number of aliphatic hydroxyl groups excluding tert-OH is 1. The molecule has 0 aliphatic carbocycles. The fourth-order valence-corrected chi connectivity index (χ4v) is 3.78. The average Bonchev–Trinajstić information content (AvgIpc) is 3.16. The maximum Gasteiger partial charge on any atom is 0.227 e. The molecule has 6 nitrogen and oxygen atoms in total. The lowest BCUT2D eigenvalue weighted by Crippen LogP contribution is -2.39. The first-order valence-corrected chi connectivity index (χ1v) is 12.2. The summed E-state index contributed by atoms with van der Waals surface area (Å²) < 4.78 is 14.0. The Morgan fingerprint density at radius 3 is 2.26 bits per heavy atom. The van der Waals surface area contributed by atoms with Crippen LogP contribution in [-0.4, -0.2) is 51.2 Å². The van der Waals surface area contributed by atoms with Gasteiger partial charge in [-0.15, -0.1) is 0 Å². The number of para-hydroxylation sites is 1. The molecule has 0 aliphatic heterocycles. The molecule has 1 unspecified atom stereocenters. The van der Waals surface area contributed by atoms with Crippen molar-refractivity contribution >= 4 is 0 Å². The summed E-state index contributed by atoms with van der Waals surface area (Å²) in [7, 11) is 0. The number of benzene rings is 2. The Morgan fingerprint density at radius 1 is 1.00 bits per heavy atom. The summed E-state index contributed by atoms with van der Waals surface area (Å²) in [5.74, 6) is 1.48. The molecule has 0 bridgehead atoms. The summed E-state index contributed by atoms with van der Waals surface area (Å²) in [5.41, 5.74) is 4.16. The van der Waals surface area contributed by atoms with Crippen LogP contribution >= 0.6 is 0 Å². The van der Waals surface area contributed by atoms with Gasteiger partial charge in [-0.1, -0.05) is 42.8 Å². The molecule has 0 fully saturated rings. The van der Waals surface area contributed by atoms with Gasteiger partial charge < -0.3 is 14.6 Å². The summed E-state index contributed by atoms with van der Waals surface area (Å²) in [4.78, 5) is 2.25. The highest BCUT2D eigenvalue weighted by molar-refractivity contribution is 5.44. The molecule has 1 N–H and O–H groups in total. The van der Waals surface area contributed by atoms with E-state index in [1.54, 1.807) is 0 Å². The van der Waals surface area contributed by atoms with E-state index in [-0.39, 0.29) is 12.1 Å². The zero-order valence-electron chi connectivity index (χ0n) is 21.4. The number of hydrogen-bond acceptors (Lipinski definition) is 5. The number of ether oxygens (including phenoxy) is 2. The van der Waals surface area contributed by atoms with Crippen molar-refractivity contribution in [3.05, 3.63) is 71.4 Å². The molecular weight excluding hydrogens is 426 g/mol. The number of aromatic nitrogens is 2. The predicted octanol–water partition coefficient (Wildman–Crippen LogP) is 5.53. The lowest BCUT2D eigenvalue weighted by Gasteiger charge is -2.29. The average molecular weight is 466 g/mol. The Morgan fingerprint density at radius 2 is 1.68 bits per heavy atom. The highest BCUT2D eigenvalue weighted by Crippen LogP contribution is 2.32. The van der Waals surface area contributed by atoms with Gasteiger partial charge in [0.2, 0.25) is 5.88 Å². The zero-order valence-corrected chi connectivity index (χ0v) is 21.4. The second-order valence-corrected chi connectivity index (χ2v) is 9.31. The van der Waals surface area contributed by atoms with E-state index in [1.807, 2.05) is 73.1 Å². The molecule has 184 valence electrons. The van der Waals surface area contributed by atoms with E-state index in [4.69, 9.17) is 14.6 Å². The quantitative estimate of drug-likeness (QED) is 0.381. The van der Waals surface area contributed by atoms with Crippen molar-refractivity contribution in [2.75, 3.05) is 13.2 Å². The molecule has 0 saturated carbocycles. The second-order valence-electron chi connectivity index (χ2n) is 9.31. The first-order chi connectivity index (χ1) is 16.3. The van der Waals surface area contributed by atoms with Crippen LogP contribution in [0.4, 0.5) is 0 Å². The van der Waals surface area contributed by atoms with Crippen molar-refractivity contribution in [1.82, 2.24) is 14.7 Å². The van der Waals surface area contributed by atoms with E-state index in [9.17, 15) is 5.11 Å². The van der Waals surface area contributed by atoms with Gasteiger partial charge in [-0.2, -0.15) is 5.10 Å². The second kappa shape index (κ2) is 12.2. The van der Waals surface area contributed by atoms with Gasteiger partial charge in [0, 0.05) is 19.1 Å². The van der Waals surface area contributed by atoms with Crippen molar-refractivity contribution in [2.45, 2.75) is 72.8 Å². The first kappa shape index (κ1) is 25.9. The van der Waals surface area contributed by atoms with E-state index in [0.29, 0.717) is 25.6 Å². The summed E-state index contributed by atoms with van der Waals surface area (Å²) in [5, 5.41) is 15.6. The van der Waals surface area contributed by atoms with Crippen molar-refractivity contribution in [3.63, 3.8) is 0 Å². The van der Waals surface area contributed by atoms with Crippen molar-refractivity contribution in [2.24, 2.45) is 0 Å². The number of rotatable bonds is 12. The molecule has 0 amide bonds. The first-order valence-electron chi connectivity index (χ1n) is 12.2. The number of aryl methyl sites for hydroxylation is 2. The summed E-state index contributed by atoms with van der Waals surface area (Å²) >= 11 is 0. The lowest BCUT2D eigenvalue weighted by molar-refractivity contribution is -0.0137. The fraction of sp³-hybridized carbons (Fsp3) is 0.464. The summed E-state index contributed by atoms with van der Waals surface area (Å²) in [6, 6.07) is 18.4. The van der Waals surface area contributed by atoms with Crippen LogP contribution in [0.25, 0.3) is 5.69 Å². The third-order valence-electron chi connectivity index (χ3n) is 5.75. The van der Waals surface area contributed by atoms with Gasteiger partial charge in [0.25, 0.3) is 0 Å². The maximum absolute atomic E-state index is 10.6.